The van der Waals surface area contributed by atoms with Crippen LogP contribution in [0.4, 0.5) is 5.69 Å². The zero-order chi connectivity index (χ0) is 16.7. The third-order valence-electron chi connectivity index (χ3n) is 3.86. The molecule has 0 unspecified atom stereocenters. The second-order valence-electron chi connectivity index (χ2n) is 5.66. The number of anilines is 1. The van der Waals surface area contributed by atoms with Crippen molar-refractivity contribution in [1.29, 1.82) is 0 Å². The summed E-state index contributed by atoms with van der Waals surface area (Å²) >= 11 is 0. The molecule has 0 heterocycles. The third-order valence-corrected chi connectivity index (χ3v) is 3.86. The first-order valence-corrected chi connectivity index (χ1v) is 8.34. The fourth-order valence-electron chi connectivity index (χ4n) is 2.40. The van der Waals surface area contributed by atoms with Crippen LogP contribution < -0.4 is 14.8 Å². The maximum Gasteiger partial charge on any atom is 0.161 e. The Hall–Kier alpha value is -2.16. The largest absolute Gasteiger partial charge is 0.490 e. The molecule has 0 atom stereocenters. The van der Waals surface area contributed by atoms with Gasteiger partial charge in [-0.05, 0) is 62.1 Å². The van der Waals surface area contributed by atoms with E-state index in [1.807, 2.05) is 13.0 Å². The molecule has 0 amide bonds. The van der Waals surface area contributed by atoms with Gasteiger partial charge in [-0.25, -0.2) is 0 Å². The maximum atomic E-state index is 5.75. The first-order chi connectivity index (χ1) is 11.2. The molecule has 124 valence electrons. The van der Waals surface area contributed by atoms with Crippen molar-refractivity contribution in [3.05, 3.63) is 53.1 Å². The number of hydrogen-bond donors (Lipinski definition) is 1. The number of benzene rings is 2. The second kappa shape index (κ2) is 8.47. The van der Waals surface area contributed by atoms with E-state index in [0.717, 1.165) is 24.5 Å². The van der Waals surface area contributed by atoms with Gasteiger partial charge >= 0.3 is 0 Å². The summed E-state index contributed by atoms with van der Waals surface area (Å²) in [7, 11) is 0. The van der Waals surface area contributed by atoms with Crippen molar-refractivity contribution in [2.24, 2.45) is 0 Å². The summed E-state index contributed by atoms with van der Waals surface area (Å²) in [5.41, 5.74) is 4.95. The molecular formula is C20H27NO2. The lowest BCUT2D eigenvalue weighted by Crippen LogP contribution is -2.04. The van der Waals surface area contributed by atoms with Gasteiger partial charge in [-0.1, -0.05) is 25.1 Å². The summed E-state index contributed by atoms with van der Waals surface area (Å²) in [5.74, 6) is 1.64. The topological polar surface area (TPSA) is 30.5 Å². The van der Waals surface area contributed by atoms with Crippen LogP contribution >= 0.6 is 0 Å². The highest BCUT2D eigenvalue weighted by atomic mass is 16.5. The van der Waals surface area contributed by atoms with E-state index in [1.165, 1.54) is 22.4 Å². The molecule has 0 aromatic heterocycles. The highest BCUT2D eigenvalue weighted by Crippen LogP contribution is 2.29. The number of hydrogen-bond acceptors (Lipinski definition) is 3. The lowest BCUT2D eigenvalue weighted by Gasteiger charge is -2.15. The SMILES string of the molecule is CCCOc1ccc(CNc2cccc(C)c2C)cc1OCC. The smallest absolute Gasteiger partial charge is 0.161 e. The molecule has 0 bridgehead atoms. The summed E-state index contributed by atoms with van der Waals surface area (Å²) in [6, 6.07) is 12.5. The van der Waals surface area contributed by atoms with Crippen molar-refractivity contribution >= 4 is 5.69 Å². The van der Waals surface area contributed by atoms with E-state index in [1.54, 1.807) is 0 Å². The van der Waals surface area contributed by atoms with Gasteiger partial charge in [-0.3, -0.25) is 0 Å². The van der Waals surface area contributed by atoms with Crippen LogP contribution in [-0.2, 0) is 6.54 Å². The first kappa shape index (κ1) is 17.2. The molecule has 0 aliphatic heterocycles. The van der Waals surface area contributed by atoms with Gasteiger partial charge in [0, 0.05) is 12.2 Å². The third kappa shape index (κ3) is 4.65. The summed E-state index contributed by atoms with van der Waals surface area (Å²) in [4.78, 5) is 0. The standard InChI is InChI=1S/C20H27NO2/c1-5-12-23-19-11-10-17(13-20(19)22-6-2)14-21-18-9-7-8-15(3)16(18)4/h7-11,13,21H,5-6,12,14H2,1-4H3. The molecular weight excluding hydrogens is 286 g/mol. The zero-order valence-corrected chi connectivity index (χ0v) is 14.6. The molecule has 2 aromatic rings. The van der Waals surface area contributed by atoms with Crippen LogP contribution in [0.3, 0.4) is 0 Å². The minimum atomic E-state index is 0.635. The Kier molecular flexibility index (Phi) is 6.33. The van der Waals surface area contributed by atoms with Crippen molar-refractivity contribution in [2.75, 3.05) is 18.5 Å². The number of nitrogens with one attached hydrogen (secondary N) is 1. The van der Waals surface area contributed by atoms with E-state index >= 15 is 0 Å². The van der Waals surface area contributed by atoms with Gasteiger partial charge in [-0.15, -0.1) is 0 Å². The molecule has 0 aliphatic carbocycles. The Morgan fingerprint density at radius 1 is 0.957 bits per heavy atom. The van der Waals surface area contributed by atoms with Gasteiger partial charge < -0.3 is 14.8 Å². The van der Waals surface area contributed by atoms with Crippen molar-refractivity contribution in [3.63, 3.8) is 0 Å². The molecule has 0 radical (unpaired) electrons. The van der Waals surface area contributed by atoms with Gasteiger partial charge in [-0.2, -0.15) is 0 Å². The van der Waals surface area contributed by atoms with Gasteiger partial charge in [0.05, 0.1) is 13.2 Å². The average molecular weight is 313 g/mol. The van der Waals surface area contributed by atoms with Crippen molar-refractivity contribution < 1.29 is 9.47 Å². The predicted octanol–water partition coefficient (Wildman–Crippen LogP) is 5.10. The van der Waals surface area contributed by atoms with Crippen molar-refractivity contribution in [3.8, 4) is 11.5 Å². The van der Waals surface area contributed by atoms with E-state index in [4.69, 9.17) is 9.47 Å². The molecule has 3 nitrogen and oxygen atoms in total. The monoisotopic (exact) mass is 313 g/mol. The molecule has 0 saturated heterocycles. The Balaban J connectivity index is 2.10. The highest BCUT2D eigenvalue weighted by Gasteiger charge is 2.07. The van der Waals surface area contributed by atoms with Crippen LogP contribution in [0.5, 0.6) is 11.5 Å². The molecule has 2 rings (SSSR count). The zero-order valence-electron chi connectivity index (χ0n) is 14.6. The first-order valence-electron chi connectivity index (χ1n) is 8.34. The van der Waals surface area contributed by atoms with Gasteiger partial charge in [0.1, 0.15) is 0 Å². The van der Waals surface area contributed by atoms with E-state index < -0.39 is 0 Å². The Bertz CT molecular complexity index is 638. The quantitative estimate of drug-likeness (QED) is 0.735. The van der Waals surface area contributed by atoms with Crippen LogP contribution in [0.2, 0.25) is 0 Å². The molecule has 0 saturated carbocycles. The predicted molar refractivity (Wildman–Crippen MR) is 96.6 cm³/mol. The molecule has 23 heavy (non-hydrogen) atoms. The fourth-order valence-corrected chi connectivity index (χ4v) is 2.40. The van der Waals surface area contributed by atoms with Gasteiger partial charge in [0.25, 0.3) is 0 Å². The molecule has 0 aliphatic rings. The lowest BCUT2D eigenvalue weighted by molar-refractivity contribution is 0.276. The van der Waals surface area contributed by atoms with E-state index in [9.17, 15) is 0 Å². The average Bonchev–Trinajstić information content (AvgIpc) is 2.55. The lowest BCUT2D eigenvalue weighted by atomic mass is 10.1. The van der Waals surface area contributed by atoms with Crippen molar-refractivity contribution in [2.45, 2.75) is 40.7 Å². The second-order valence-corrected chi connectivity index (χ2v) is 5.66. The Labute approximate surface area is 139 Å². The summed E-state index contributed by atoms with van der Waals surface area (Å²) in [6.45, 7) is 10.5. The van der Waals surface area contributed by atoms with Crippen LogP contribution in [0.15, 0.2) is 36.4 Å². The molecule has 1 N–H and O–H groups in total. The number of aryl methyl sites for hydroxylation is 1. The normalized spacial score (nSPS) is 10.4. The van der Waals surface area contributed by atoms with Crippen LogP contribution in [0.25, 0.3) is 0 Å². The van der Waals surface area contributed by atoms with E-state index in [0.29, 0.717) is 13.2 Å². The molecule has 2 aromatic carbocycles. The molecule has 3 heteroatoms. The minimum absolute atomic E-state index is 0.635. The van der Waals surface area contributed by atoms with E-state index in [2.05, 4.69) is 56.4 Å². The Morgan fingerprint density at radius 3 is 2.52 bits per heavy atom. The maximum absolute atomic E-state index is 5.75. The summed E-state index contributed by atoms with van der Waals surface area (Å²) in [5, 5.41) is 3.51. The summed E-state index contributed by atoms with van der Waals surface area (Å²) in [6.07, 6.45) is 0.988. The molecule has 0 fully saturated rings. The van der Waals surface area contributed by atoms with Crippen LogP contribution in [-0.4, -0.2) is 13.2 Å². The summed E-state index contributed by atoms with van der Waals surface area (Å²) < 4.78 is 11.5. The fraction of sp³-hybridized carbons (Fsp3) is 0.400. The van der Waals surface area contributed by atoms with Gasteiger partial charge in [0.2, 0.25) is 0 Å². The Morgan fingerprint density at radius 2 is 1.78 bits per heavy atom. The van der Waals surface area contributed by atoms with E-state index in [-0.39, 0.29) is 0 Å². The van der Waals surface area contributed by atoms with Gasteiger partial charge in [0.15, 0.2) is 11.5 Å². The van der Waals surface area contributed by atoms with Crippen LogP contribution in [0, 0.1) is 13.8 Å². The number of ether oxygens (including phenoxy) is 2. The minimum Gasteiger partial charge on any atom is -0.490 e. The number of rotatable bonds is 8. The van der Waals surface area contributed by atoms with Crippen molar-refractivity contribution in [1.82, 2.24) is 0 Å². The highest BCUT2D eigenvalue weighted by molar-refractivity contribution is 5.54. The molecule has 0 spiro atoms. The van der Waals surface area contributed by atoms with Crippen LogP contribution in [0.1, 0.15) is 37.0 Å².